The predicted molar refractivity (Wildman–Crippen MR) is 102 cm³/mol. The molecule has 2 N–H and O–H groups in total. The minimum Gasteiger partial charge on any atom is -0.355 e. The van der Waals surface area contributed by atoms with Crippen molar-refractivity contribution < 1.29 is 28.8 Å². The molecule has 2 rings (SSSR count). The fraction of sp³-hybridized carbons (Fsp3) is 0.737. The minimum atomic E-state index is -0.771. The van der Waals surface area contributed by atoms with Crippen LogP contribution in [-0.2, 0) is 28.8 Å². The molecule has 0 aromatic rings. The Morgan fingerprint density at radius 1 is 0.931 bits per heavy atom. The summed E-state index contributed by atoms with van der Waals surface area (Å²) in [6.07, 6.45) is 3.34. The number of rotatable bonds is 9. The van der Waals surface area contributed by atoms with Gasteiger partial charge in [-0.25, -0.2) is 4.79 Å². The first-order chi connectivity index (χ1) is 13.8. The third-order valence-corrected chi connectivity index (χ3v) is 5.23. The topological polar surface area (TPSA) is 125 Å². The van der Waals surface area contributed by atoms with E-state index in [0.29, 0.717) is 23.7 Å². The summed E-state index contributed by atoms with van der Waals surface area (Å²) >= 11 is 0. The monoisotopic (exact) mass is 415 g/mol. The molecule has 0 bridgehead atoms. The van der Waals surface area contributed by atoms with Gasteiger partial charge in [-0.05, 0) is 26.7 Å². The Bertz CT molecular complexity index is 627. The molecule has 10 nitrogen and oxygen atoms in total. The average Bonchev–Trinajstić information content (AvgIpc) is 2.97. The van der Waals surface area contributed by atoms with Gasteiger partial charge in [-0.15, -0.1) is 5.06 Å². The van der Waals surface area contributed by atoms with Crippen LogP contribution in [-0.4, -0.2) is 71.3 Å². The predicted octanol–water partition coefficient (Wildman–Crippen LogP) is -0.131. The molecule has 0 aromatic carbocycles. The molecule has 10 heteroatoms. The van der Waals surface area contributed by atoms with Gasteiger partial charge in [0, 0.05) is 44.4 Å². The molecule has 4 amide bonds. The highest BCUT2D eigenvalue weighted by Crippen LogP contribution is 2.21. The van der Waals surface area contributed by atoms with Crippen LogP contribution in [0.15, 0.2) is 0 Å². The van der Waals surface area contributed by atoms with E-state index in [0.717, 1.165) is 12.8 Å². The van der Waals surface area contributed by atoms with Crippen LogP contribution >= 0.6 is 0 Å². The SMILES string of the molecule is CC1CCCC(C)N1C[13C](=O)N[13CH2][13CH2][13C](=O)NCC[13C](=O)ON1C(=O)CCC1=O. The summed E-state index contributed by atoms with van der Waals surface area (Å²) in [5, 5.41) is 5.76. The first-order valence-electron chi connectivity index (χ1n) is 10.1. The smallest absolute Gasteiger partial charge is 0.334 e. The maximum absolute atomic E-state index is 12.1. The number of hydroxylamine groups is 2. The van der Waals surface area contributed by atoms with Crippen LogP contribution in [0.25, 0.3) is 0 Å². The van der Waals surface area contributed by atoms with Crippen molar-refractivity contribution in [2.24, 2.45) is 0 Å². The number of carbonyl (C=O) groups is 5. The maximum atomic E-state index is 12.1. The highest BCUT2D eigenvalue weighted by Gasteiger charge is 2.32. The van der Waals surface area contributed by atoms with Crippen molar-refractivity contribution in [1.82, 2.24) is 20.6 Å². The number of likely N-dealkylation sites (tertiary alicyclic amines) is 1. The molecule has 162 valence electrons. The van der Waals surface area contributed by atoms with Crippen LogP contribution in [0.5, 0.6) is 0 Å². The van der Waals surface area contributed by atoms with Gasteiger partial charge < -0.3 is 15.5 Å². The zero-order chi connectivity index (χ0) is 21.4. The Balaban J connectivity index is 1.56. The van der Waals surface area contributed by atoms with Crippen molar-refractivity contribution in [2.45, 2.75) is 70.9 Å². The highest BCUT2D eigenvalue weighted by atomic mass is 16.8. The minimum absolute atomic E-state index is 0.0185. The second-order valence-electron chi connectivity index (χ2n) is 7.55. The summed E-state index contributed by atoms with van der Waals surface area (Å²) < 4.78 is 0. The van der Waals surface area contributed by atoms with Crippen molar-refractivity contribution in [3.05, 3.63) is 0 Å². The maximum Gasteiger partial charge on any atom is 0.334 e. The summed E-state index contributed by atoms with van der Waals surface area (Å²) in [6, 6.07) is 0.748. The molecule has 2 unspecified atom stereocenters. The zero-order valence-corrected chi connectivity index (χ0v) is 17.1. The second-order valence-corrected chi connectivity index (χ2v) is 7.55. The molecule has 0 radical (unpaired) electrons. The number of amides is 4. The first-order valence-corrected chi connectivity index (χ1v) is 10.1. The molecule has 2 saturated heterocycles. The molecule has 2 aliphatic rings. The fourth-order valence-electron chi connectivity index (χ4n) is 3.52. The lowest BCUT2D eigenvalue weighted by atomic mass is 9.98. The Morgan fingerprint density at radius 2 is 1.48 bits per heavy atom. The van der Waals surface area contributed by atoms with Crippen molar-refractivity contribution in [2.75, 3.05) is 19.6 Å². The van der Waals surface area contributed by atoms with Crippen molar-refractivity contribution >= 4 is 29.6 Å². The first kappa shape index (κ1) is 22.8. The molecule has 0 aliphatic carbocycles. The number of hydrogen-bond donors (Lipinski definition) is 2. The van der Waals surface area contributed by atoms with Gasteiger partial charge in [-0.2, -0.15) is 0 Å². The molecule has 2 aliphatic heterocycles. The molecule has 2 fully saturated rings. The third kappa shape index (κ3) is 7.12. The Kier molecular flexibility index (Phi) is 8.56. The molecule has 0 saturated carbocycles. The summed E-state index contributed by atoms with van der Waals surface area (Å²) in [5.41, 5.74) is 0. The van der Waals surface area contributed by atoms with Gasteiger partial charge in [-0.3, -0.25) is 24.1 Å². The Hall–Kier alpha value is -2.49. The van der Waals surface area contributed by atoms with Crippen molar-refractivity contribution in [3.63, 3.8) is 0 Å². The van der Waals surface area contributed by atoms with Crippen molar-refractivity contribution in [1.29, 1.82) is 0 Å². The van der Waals surface area contributed by atoms with E-state index in [4.69, 9.17) is 4.84 Å². The molecule has 0 spiro atoms. The van der Waals surface area contributed by atoms with E-state index in [9.17, 15) is 24.0 Å². The number of nitrogens with one attached hydrogen (secondary N) is 2. The number of imide groups is 1. The summed E-state index contributed by atoms with van der Waals surface area (Å²) in [7, 11) is 0. The number of nitrogens with zero attached hydrogens (tertiary/aromatic N) is 2. The van der Waals surface area contributed by atoms with E-state index >= 15 is 0 Å². The lowest BCUT2D eigenvalue weighted by molar-refractivity contribution is -0.197. The normalized spacial score (nSPS) is 22.5. The van der Waals surface area contributed by atoms with Crippen LogP contribution in [0.1, 0.15) is 58.8 Å². The molecule has 2 atom stereocenters. The van der Waals surface area contributed by atoms with Gasteiger partial charge in [0.25, 0.3) is 11.8 Å². The molecule has 29 heavy (non-hydrogen) atoms. The summed E-state index contributed by atoms with van der Waals surface area (Å²) in [5.74, 6) is -2.28. The zero-order valence-electron chi connectivity index (χ0n) is 17.1. The second kappa shape index (κ2) is 10.9. The van der Waals surface area contributed by atoms with Gasteiger partial charge in [-0.1, -0.05) is 6.42 Å². The van der Waals surface area contributed by atoms with Crippen molar-refractivity contribution in [3.8, 4) is 0 Å². The van der Waals surface area contributed by atoms with E-state index in [1.165, 1.54) is 6.42 Å². The van der Waals surface area contributed by atoms with Crippen LogP contribution in [0.2, 0.25) is 0 Å². The average molecular weight is 415 g/mol. The Morgan fingerprint density at radius 3 is 2.10 bits per heavy atom. The van der Waals surface area contributed by atoms with Gasteiger partial charge in [0.2, 0.25) is 11.8 Å². The van der Waals surface area contributed by atoms with Crippen LogP contribution < -0.4 is 10.6 Å². The standard InChI is InChI=1S/C19H30N4O6/c1-13-4-3-5-14(2)22(13)12-16(25)21-10-8-15(24)20-11-9-19(28)29-23-17(26)6-7-18(23)27/h13-14H,3-12H2,1-2H3,(H,20,24)(H,21,25)/i8+1,10+1,15+1,16+1,19+1. The van der Waals surface area contributed by atoms with E-state index < -0.39 is 17.8 Å². The number of piperidine rings is 1. The van der Waals surface area contributed by atoms with Crippen LogP contribution in [0, 0.1) is 0 Å². The molecule has 0 aromatic heterocycles. The van der Waals surface area contributed by atoms with E-state index in [1.54, 1.807) is 0 Å². The molecular weight excluding hydrogens is 385 g/mol. The third-order valence-electron chi connectivity index (χ3n) is 5.23. The largest absolute Gasteiger partial charge is 0.355 e. The van der Waals surface area contributed by atoms with E-state index in [1.807, 2.05) is 0 Å². The Labute approximate surface area is 170 Å². The lowest BCUT2D eigenvalue weighted by Gasteiger charge is -2.38. The number of carbonyl (C=O) groups excluding carboxylic acids is 5. The highest BCUT2D eigenvalue weighted by molar-refractivity contribution is 6.01. The number of hydrogen-bond acceptors (Lipinski definition) is 7. The van der Waals surface area contributed by atoms with E-state index in [-0.39, 0.29) is 50.6 Å². The summed E-state index contributed by atoms with van der Waals surface area (Å²) in [6.45, 7) is 4.80. The van der Waals surface area contributed by atoms with Crippen LogP contribution in [0.4, 0.5) is 0 Å². The van der Waals surface area contributed by atoms with E-state index in [2.05, 4.69) is 29.4 Å². The van der Waals surface area contributed by atoms with Gasteiger partial charge in [0.05, 0.1) is 13.0 Å². The van der Waals surface area contributed by atoms with Gasteiger partial charge >= 0.3 is 5.97 Å². The lowest BCUT2D eigenvalue weighted by Crippen LogP contribution is -2.49. The van der Waals surface area contributed by atoms with Gasteiger partial charge in [0.15, 0.2) is 0 Å². The summed E-state index contributed by atoms with van der Waals surface area (Å²) in [4.78, 5) is 65.1. The van der Waals surface area contributed by atoms with Crippen LogP contribution in [0.3, 0.4) is 0 Å². The van der Waals surface area contributed by atoms with Gasteiger partial charge in [0.1, 0.15) is 0 Å². The quantitative estimate of drug-likeness (QED) is 0.397. The molecular formula is C19H30N4O6. The fourth-order valence-corrected chi connectivity index (χ4v) is 3.52. The molecule has 2 heterocycles.